The lowest BCUT2D eigenvalue weighted by atomic mass is 9.76. The van der Waals surface area contributed by atoms with E-state index in [9.17, 15) is 9.50 Å². The summed E-state index contributed by atoms with van der Waals surface area (Å²) in [7, 11) is 0. The monoisotopic (exact) mass is 265 g/mol. The molecule has 1 atom stereocenters. The summed E-state index contributed by atoms with van der Waals surface area (Å²) in [5.74, 6) is -0.302. The number of hydrogen-bond acceptors (Lipinski definition) is 3. The Balaban J connectivity index is 2.37. The molecule has 0 amide bonds. The fraction of sp³-hybridized carbons (Fsp3) is 0.286. The van der Waals surface area contributed by atoms with Gasteiger partial charge >= 0.3 is 0 Å². The maximum absolute atomic E-state index is 13.3. The van der Waals surface area contributed by atoms with Gasteiger partial charge in [-0.3, -0.25) is 0 Å². The molecule has 0 aliphatic heterocycles. The highest BCUT2D eigenvalue weighted by Crippen LogP contribution is 2.28. The van der Waals surface area contributed by atoms with Crippen molar-refractivity contribution in [3.05, 3.63) is 58.0 Å². The molecule has 18 heavy (non-hydrogen) atoms. The molecule has 1 aromatic carbocycles. The highest BCUT2D eigenvalue weighted by atomic mass is 32.1. The Morgan fingerprint density at radius 3 is 2.72 bits per heavy atom. The third-order valence-electron chi connectivity index (χ3n) is 3.25. The molecule has 0 aliphatic rings. The van der Waals surface area contributed by atoms with Crippen LogP contribution in [0, 0.1) is 5.82 Å². The molecule has 96 valence electrons. The van der Waals surface area contributed by atoms with Crippen LogP contribution >= 0.6 is 11.3 Å². The standard InChI is InChI=1S/C14H16FNOS/c15-13-3-1-2-12(6-13)14(9-16,10-17)7-11-4-5-18-8-11/h1-6,8,17H,7,9-10,16H2. The molecule has 1 unspecified atom stereocenters. The van der Waals surface area contributed by atoms with Gasteiger partial charge in [0.2, 0.25) is 0 Å². The van der Waals surface area contributed by atoms with Crippen molar-refractivity contribution in [3.63, 3.8) is 0 Å². The van der Waals surface area contributed by atoms with E-state index in [-0.39, 0.29) is 19.0 Å². The van der Waals surface area contributed by atoms with Gasteiger partial charge in [0.05, 0.1) is 6.61 Å². The van der Waals surface area contributed by atoms with Gasteiger partial charge in [0, 0.05) is 12.0 Å². The largest absolute Gasteiger partial charge is 0.395 e. The van der Waals surface area contributed by atoms with Crippen LogP contribution in [0.2, 0.25) is 0 Å². The molecule has 2 rings (SSSR count). The molecule has 2 nitrogen and oxygen atoms in total. The quantitative estimate of drug-likeness (QED) is 0.871. The number of nitrogens with two attached hydrogens (primary N) is 1. The average Bonchev–Trinajstić information content (AvgIpc) is 2.89. The first-order valence-corrected chi connectivity index (χ1v) is 6.72. The maximum Gasteiger partial charge on any atom is 0.123 e. The minimum absolute atomic E-state index is 0.0944. The Kier molecular flexibility index (Phi) is 4.11. The van der Waals surface area contributed by atoms with Crippen LogP contribution in [0.1, 0.15) is 11.1 Å². The highest BCUT2D eigenvalue weighted by molar-refractivity contribution is 7.07. The lowest BCUT2D eigenvalue weighted by molar-refractivity contribution is 0.196. The maximum atomic E-state index is 13.3. The van der Waals surface area contributed by atoms with E-state index in [2.05, 4.69) is 0 Å². The van der Waals surface area contributed by atoms with Crippen molar-refractivity contribution in [1.82, 2.24) is 0 Å². The summed E-state index contributed by atoms with van der Waals surface area (Å²) in [6, 6.07) is 8.32. The second-order valence-electron chi connectivity index (χ2n) is 4.46. The van der Waals surface area contributed by atoms with Crippen LogP contribution in [-0.4, -0.2) is 18.3 Å². The molecule has 0 radical (unpaired) electrons. The van der Waals surface area contributed by atoms with Gasteiger partial charge in [0.1, 0.15) is 5.82 Å². The van der Waals surface area contributed by atoms with Crippen LogP contribution in [0.25, 0.3) is 0 Å². The Morgan fingerprint density at radius 2 is 2.17 bits per heavy atom. The summed E-state index contributed by atoms with van der Waals surface area (Å²) in [5, 5.41) is 13.7. The van der Waals surface area contributed by atoms with Gasteiger partial charge in [-0.25, -0.2) is 4.39 Å². The molecule has 2 aromatic rings. The number of benzene rings is 1. The van der Waals surface area contributed by atoms with Gasteiger partial charge in [-0.2, -0.15) is 11.3 Å². The van der Waals surface area contributed by atoms with Crippen LogP contribution in [0.5, 0.6) is 0 Å². The third-order valence-corrected chi connectivity index (χ3v) is 3.99. The molecule has 0 spiro atoms. The average molecular weight is 265 g/mol. The number of thiophene rings is 1. The summed E-state index contributed by atoms with van der Waals surface area (Å²) in [5.41, 5.74) is 7.09. The number of hydrogen-bond donors (Lipinski definition) is 2. The van der Waals surface area contributed by atoms with E-state index in [0.717, 1.165) is 11.1 Å². The van der Waals surface area contributed by atoms with Crippen molar-refractivity contribution in [2.45, 2.75) is 11.8 Å². The lowest BCUT2D eigenvalue weighted by Gasteiger charge is -2.31. The molecule has 1 aromatic heterocycles. The van der Waals surface area contributed by atoms with E-state index in [1.807, 2.05) is 22.9 Å². The van der Waals surface area contributed by atoms with Crippen LogP contribution in [-0.2, 0) is 11.8 Å². The van der Waals surface area contributed by atoms with Crippen molar-refractivity contribution in [1.29, 1.82) is 0 Å². The van der Waals surface area contributed by atoms with Crippen molar-refractivity contribution in [3.8, 4) is 0 Å². The Morgan fingerprint density at radius 1 is 1.33 bits per heavy atom. The minimum Gasteiger partial charge on any atom is -0.395 e. The second-order valence-corrected chi connectivity index (χ2v) is 5.24. The molecule has 0 aliphatic carbocycles. The smallest absolute Gasteiger partial charge is 0.123 e. The van der Waals surface area contributed by atoms with E-state index in [0.29, 0.717) is 6.42 Å². The van der Waals surface area contributed by atoms with Crippen LogP contribution in [0.3, 0.4) is 0 Å². The summed E-state index contributed by atoms with van der Waals surface area (Å²) < 4.78 is 13.3. The number of rotatable bonds is 5. The fourth-order valence-electron chi connectivity index (χ4n) is 2.11. The summed E-state index contributed by atoms with van der Waals surface area (Å²) in [6.45, 7) is 0.186. The predicted octanol–water partition coefficient (Wildman–Crippen LogP) is 2.32. The first-order valence-electron chi connectivity index (χ1n) is 5.78. The zero-order valence-corrected chi connectivity index (χ0v) is 10.8. The van der Waals surface area contributed by atoms with Crippen molar-refractivity contribution in [2.75, 3.05) is 13.2 Å². The number of aliphatic hydroxyl groups is 1. The molecular formula is C14H16FNOS. The summed E-state index contributed by atoms with van der Waals surface area (Å²) >= 11 is 1.60. The molecule has 0 saturated heterocycles. The topological polar surface area (TPSA) is 46.2 Å². The minimum atomic E-state index is -0.608. The molecule has 1 heterocycles. The van der Waals surface area contributed by atoms with E-state index >= 15 is 0 Å². The first-order chi connectivity index (χ1) is 8.70. The van der Waals surface area contributed by atoms with Crippen molar-refractivity contribution >= 4 is 11.3 Å². The van der Waals surface area contributed by atoms with E-state index < -0.39 is 5.41 Å². The van der Waals surface area contributed by atoms with Crippen LogP contribution in [0.4, 0.5) is 4.39 Å². The fourth-order valence-corrected chi connectivity index (χ4v) is 2.77. The van der Waals surface area contributed by atoms with E-state index in [4.69, 9.17) is 5.73 Å². The molecular weight excluding hydrogens is 249 g/mol. The van der Waals surface area contributed by atoms with Gasteiger partial charge in [0.15, 0.2) is 0 Å². The predicted molar refractivity (Wildman–Crippen MR) is 72.2 cm³/mol. The highest BCUT2D eigenvalue weighted by Gasteiger charge is 2.31. The molecule has 4 heteroatoms. The van der Waals surface area contributed by atoms with Gasteiger partial charge < -0.3 is 10.8 Å². The first kappa shape index (κ1) is 13.2. The molecule has 3 N–H and O–H groups in total. The summed E-state index contributed by atoms with van der Waals surface area (Å²) in [6.07, 6.45) is 0.618. The second kappa shape index (κ2) is 5.61. The SMILES string of the molecule is NCC(CO)(Cc1ccsc1)c1cccc(F)c1. The number of halogens is 1. The Labute approximate surface area is 110 Å². The normalized spacial score (nSPS) is 14.4. The van der Waals surface area contributed by atoms with Gasteiger partial charge in [0.25, 0.3) is 0 Å². The van der Waals surface area contributed by atoms with Crippen LogP contribution < -0.4 is 5.73 Å². The third kappa shape index (κ3) is 2.61. The van der Waals surface area contributed by atoms with Gasteiger partial charge in [-0.1, -0.05) is 12.1 Å². The van der Waals surface area contributed by atoms with Gasteiger partial charge in [-0.05, 0) is 46.5 Å². The van der Waals surface area contributed by atoms with Crippen molar-refractivity contribution < 1.29 is 9.50 Å². The van der Waals surface area contributed by atoms with Crippen molar-refractivity contribution in [2.24, 2.45) is 5.73 Å². The molecule has 0 saturated carbocycles. The summed E-state index contributed by atoms with van der Waals surface area (Å²) in [4.78, 5) is 0. The zero-order chi connectivity index (χ0) is 13.0. The molecule has 0 bridgehead atoms. The van der Waals surface area contributed by atoms with Crippen LogP contribution in [0.15, 0.2) is 41.1 Å². The zero-order valence-electron chi connectivity index (χ0n) is 9.97. The molecule has 0 fully saturated rings. The Bertz CT molecular complexity index is 494. The lowest BCUT2D eigenvalue weighted by Crippen LogP contribution is -2.41. The van der Waals surface area contributed by atoms with E-state index in [1.54, 1.807) is 17.4 Å². The number of aliphatic hydroxyl groups excluding tert-OH is 1. The Hall–Kier alpha value is -1.23. The van der Waals surface area contributed by atoms with E-state index in [1.165, 1.54) is 12.1 Å². The van der Waals surface area contributed by atoms with Gasteiger partial charge in [-0.15, -0.1) is 0 Å².